The van der Waals surface area contributed by atoms with Gasteiger partial charge in [0.1, 0.15) is 0 Å². The van der Waals surface area contributed by atoms with Crippen molar-refractivity contribution in [2.45, 2.75) is 19.3 Å². The summed E-state index contributed by atoms with van der Waals surface area (Å²) in [6.45, 7) is 0.298. The summed E-state index contributed by atoms with van der Waals surface area (Å²) in [6, 6.07) is 6.74. The Kier molecular flexibility index (Phi) is 5.51. The summed E-state index contributed by atoms with van der Waals surface area (Å²) in [5, 5.41) is 0. The molecular weight excluding hydrogens is 320 g/mol. The molecule has 126 valence electrons. The van der Waals surface area contributed by atoms with E-state index in [0.29, 0.717) is 36.9 Å². The predicted octanol–water partition coefficient (Wildman–Crippen LogP) is 1.28. The van der Waals surface area contributed by atoms with Crippen molar-refractivity contribution in [2.75, 3.05) is 26.5 Å². The van der Waals surface area contributed by atoms with Crippen LogP contribution in [0.2, 0.25) is 0 Å². The van der Waals surface area contributed by atoms with Crippen molar-refractivity contribution in [3.63, 3.8) is 0 Å². The number of carbonyl (C=O) groups is 2. The van der Waals surface area contributed by atoms with Gasteiger partial charge in [0, 0.05) is 13.6 Å². The van der Waals surface area contributed by atoms with Crippen molar-refractivity contribution in [3.05, 3.63) is 35.4 Å². The molecule has 1 aliphatic heterocycles. The summed E-state index contributed by atoms with van der Waals surface area (Å²) in [5.41, 5.74) is 0.864. The van der Waals surface area contributed by atoms with E-state index >= 15 is 0 Å². The van der Waals surface area contributed by atoms with Gasteiger partial charge in [-0.05, 0) is 25.0 Å². The minimum absolute atomic E-state index is 0.0283. The van der Waals surface area contributed by atoms with Crippen LogP contribution in [0.5, 0.6) is 0 Å². The molecule has 0 radical (unpaired) electrons. The van der Waals surface area contributed by atoms with Crippen molar-refractivity contribution in [3.8, 4) is 0 Å². The molecule has 0 saturated carbocycles. The Hall–Kier alpha value is -1.77. The molecule has 23 heavy (non-hydrogen) atoms. The van der Waals surface area contributed by atoms with Crippen LogP contribution in [0, 0.1) is 0 Å². The third-order valence-electron chi connectivity index (χ3n) is 3.81. The van der Waals surface area contributed by atoms with E-state index in [1.807, 2.05) is 0 Å². The first kappa shape index (κ1) is 17.6. The molecular formula is C15H20N2O5S. The van der Waals surface area contributed by atoms with Crippen LogP contribution >= 0.6 is 0 Å². The van der Waals surface area contributed by atoms with Gasteiger partial charge in [0.25, 0.3) is 11.8 Å². The van der Waals surface area contributed by atoms with Crippen LogP contribution in [0.25, 0.3) is 0 Å². The molecule has 0 aromatic heterocycles. The Balaban J connectivity index is 1.80. The van der Waals surface area contributed by atoms with Gasteiger partial charge in [0.15, 0.2) is 0 Å². The maximum absolute atomic E-state index is 12.1. The van der Waals surface area contributed by atoms with Crippen LogP contribution in [0.15, 0.2) is 24.3 Å². The normalized spacial score (nSPS) is 14.7. The van der Waals surface area contributed by atoms with E-state index in [1.54, 1.807) is 24.3 Å². The first-order valence-electron chi connectivity index (χ1n) is 7.34. The topological polar surface area (TPSA) is 84.0 Å². The number of hydroxylamine groups is 1. The summed E-state index contributed by atoms with van der Waals surface area (Å²) in [4.78, 5) is 30.2. The molecule has 1 heterocycles. The highest BCUT2D eigenvalue weighted by Crippen LogP contribution is 2.22. The summed E-state index contributed by atoms with van der Waals surface area (Å²) < 4.78 is 24.3. The zero-order chi connectivity index (χ0) is 17.0. The van der Waals surface area contributed by atoms with Crippen molar-refractivity contribution < 1.29 is 22.8 Å². The van der Waals surface area contributed by atoms with Gasteiger partial charge in [-0.15, -0.1) is 0 Å². The van der Waals surface area contributed by atoms with Crippen LogP contribution in [-0.4, -0.2) is 56.1 Å². The highest BCUT2D eigenvalue weighted by atomic mass is 32.2. The van der Waals surface area contributed by atoms with Gasteiger partial charge in [-0.3, -0.25) is 19.3 Å². The number of rotatable bonds is 8. The van der Waals surface area contributed by atoms with Crippen LogP contribution in [0.4, 0.5) is 0 Å². The largest absolute Gasteiger partial charge is 0.288 e. The van der Waals surface area contributed by atoms with Gasteiger partial charge in [-0.25, -0.2) is 8.42 Å². The van der Waals surface area contributed by atoms with E-state index in [-0.39, 0.29) is 17.6 Å². The quantitative estimate of drug-likeness (QED) is 0.404. The lowest BCUT2D eigenvalue weighted by Crippen LogP contribution is -2.31. The van der Waals surface area contributed by atoms with Crippen LogP contribution in [-0.2, 0) is 14.9 Å². The van der Waals surface area contributed by atoms with Gasteiger partial charge in [-0.1, -0.05) is 23.0 Å². The van der Waals surface area contributed by atoms with Gasteiger partial charge in [0.05, 0.1) is 24.0 Å². The number of benzene rings is 1. The summed E-state index contributed by atoms with van der Waals surface area (Å²) in [6.07, 6.45) is 1.61. The number of amides is 2. The van der Waals surface area contributed by atoms with Gasteiger partial charge in [0.2, 0.25) is 10.0 Å². The minimum atomic E-state index is -3.41. The van der Waals surface area contributed by atoms with E-state index < -0.39 is 10.0 Å². The molecule has 7 nitrogen and oxygen atoms in total. The smallest absolute Gasteiger partial charge is 0.261 e. The molecule has 0 bridgehead atoms. The Morgan fingerprint density at radius 2 is 1.61 bits per heavy atom. The maximum atomic E-state index is 12.1. The lowest BCUT2D eigenvalue weighted by Gasteiger charge is -2.15. The van der Waals surface area contributed by atoms with Crippen molar-refractivity contribution in [2.24, 2.45) is 0 Å². The Morgan fingerprint density at radius 3 is 2.13 bits per heavy atom. The molecule has 0 unspecified atom stereocenters. The summed E-state index contributed by atoms with van der Waals surface area (Å²) in [5.74, 6) is -0.589. The van der Waals surface area contributed by atoms with Gasteiger partial charge >= 0.3 is 0 Å². The average Bonchev–Trinajstić information content (AvgIpc) is 2.78. The highest BCUT2D eigenvalue weighted by Gasteiger charge is 2.34. The van der Waals surface area contributed by atoms with E-state index in [1.165, 1.54) is 19.1 Å². The molecule has 1 aliphatic rings. The van der Waals surface area contributed by atoms with Crippen molar-refractivity contribution >= 4 is 21.8 Å². The van der Waals surface area contributed by atoms with Gasteiger partial charge < -0.3 is 0 Å². The standard InChI is InChI=1S/C15H20N2O5S/c1-16(22-2)23(20,21)11-7-3-6-10-17-14(18)12-8-4-5-9-13(12)15(17)19/h4-5,8-9H,3,6-7,10-11H2,1-2H3. The lowest BCUT2D eigenvalue weighted by molar-refractivity contribution is -0.0258. The van der Waals surface area contributed by atoms with E-state index in [4.69, 9.17) is 0 Å². The summed E-state index contributed by atoms with van der Waals surface area (Å²) >= 11 is 0. The molecule has 8 heteroatoms. The Bertz CT molecular complexity index is 667. The molecule has 1 aromatic carbocycles. The number of unbranched alkanes of at least 4 members (excludes halogenated alkanes) is 2. The zero-order valence-electron chi connectivity index (χ0n) is 13.2. The molecule has 0 atom stereocenters. The Labute approximate surface area is 135 Å². The molecule has 1 aromatic rings. The average molecular weight is 340 g/mol. The maximum Gasteiger partial charge on any atom is 0.261 e. The lowest BCUT2D eigenvalue weighted by atomic mass is 10.1. The van der Waals surface area contributed by atoms with Crippen molar-refractivity contribution in [1.29, 1.82) is 0 Å². The molecule has 0 N–H and O–H groups in total. The number of imide groups is 1. The molecule has 0 spiro atoms. The van der Waals surface area contributed by atoms with Crippen molar-refractivity contribution in [1.82, 2.24) is 9.37 Å². The molecule has 0 aliphatic carbocycles. The van der Waals surface area contributed by atoms with Gasteiger partial charge in [-0.2, -0.15) is 0 Å². The summed E-state index contributed by atoms with van der Waals surface area (Å²) in [7, 11) is -0.779. The molecule has 0 fully saturated rings. The van der Waals surface area contributed by atoms with Crippen LogP contribution in [0.3, 0.4) is 0 Å². The number of nitrogens with zero attached hydrogens (tertiary/aromatic N) is 2. The number of hydrogen-bond donors (Lipinski definition) is 0. The SMILES string of the molecule is CON(C)S(=O)(=O)CCCCCN1C(=O)c2ccccc2C1=O. The second-order valence-electron chi connectivity index (χ2n) is 5.28. The number of carbonyl (C=O) groups excluding carboxylic acids is 2. The predicted molar refractivity (Wildman–Crippen MR) is 84.2 cm³/mol. The fourth-order valence-corrected chi connectivity index (χ4v) is 3.47. The third kappa shape index (κ3) is 3.77. The second-order valence-corrected chi connectivity index (χ2v) is 7.36. The Morgan fingerprint density at radius 1 is 1.04 bits per heavy atom. The van der Waals surface area contributed by atoms with E-state index in [0.717, 1.165) is 4.47 Å². The highest BCUT2D eigenvalue weighted by molar-refractivity contribution is 7.88. The van der Waals surface area contributed by atoms with Crippen LogP contribution in [0.1, 0.15) is 40.0 Å². The number of fused-ring (bicyclic) bond motifs is 1. The third-order valence-corrected chi connectivity index (χ3v) is 5.55. The van der Waals surface area contributed by atoms with E-state index in [2.05, 4.69) is 4.84 Å². The zero-order valence-corrected chi connectivity index (χ0v) is 14.0. The second kappa shape index (κ2) is 7.20. The number of hydrogen-bond acceptors (Lipinski definition) is 5. The first-order valence-corrected chi connectivity index (χ1v) is 8.95. The monoisotopic (exact) mass is 340 g/mol. The van der Waals surface area contributed by atoms with E-state index in [9.17, 15) is 18.0 Å². The fraction of sp³-hybridized carbons (Fsp3) is 0.467. The minimum Gasteiger partial charge on any atom is -0.288 e. The number of sulfonamides is 1. The molecule has 2 amide bonds. The van der Waals surface area contributed by atoms with Crippen LogP contribution < -0.4 is 0 Å². The molecule has 0 saturated heterocycles. The first-order chi connectivity index (χ1) is 10.9. The fourth-order valence-electron chi connectivity index (χ4n) is 2.42. The molecule has 2 rings (SSSR count).